The van der Waals surface area contributed by atoms with E-state index in [1.807, 2.05) is 26.0 Å². The van der Waals surface area contributed by atoms with E-state index < -0.39 is 0 Å². The minimum atomic E-state index is -0.132. The summed E-state index contributed by atoms with van der Waals surface area (Å²) < 4.78 is 0. The lowest BCUT2D eigenvalue weighted by Gasteiger charge is -2.19. The van der Waals surface area contributed by atoms with Gasteiger partial charge in [0.15, 0.2) is 0 Å². The molecular weight excluding hydrogens is 324 g/mol. The third kappa shape index (κ3) is 2.90. The van der Waals surface area contributed by atoms with Gasteiger partial charge in [0.05, 0.1) is 17.8 Å². The molecule has 0 saturated heterocycles. The van der Waals surface area contributed by atoms with Crippen LogP contribution in [0.1, 0.15) is 22.5 Å². The van der Waals surface area contributed by atoms with Crippen LogP contribution in [-0.4, -0.2) is 28.4 Å². The van der Waals surface area contributed by atoms with Gasteiger partial charge >= 0.3 is 0 Å². The van der Waals surface area contributed by atoms with Crippen LogP contribution in [0.4, 0.5) is 11.4 Å². The molecule has 7 heteroatoms. The van der Waals surface area contributed by atoms with E-state index in [0.29, 0.717) is 16.3 Å². The third-order valence-corrected chi connectivity index (χ3v) is 4.94. The molecule has 0 bridgehead atoms. The van der Waals surface area contributed by atoms with Crippen molar-refractivity contribution >= 4 is 40.0 Å². The van der Waals surface area contributed by atoms with Crippen LogP contribution in [0.3, 0.4) is 0 Å². The number of benzene rings is 1. The second-order valence-electron chi connectivity index (χ2n) is 5.65. The molecule has 3 rings (SSSR count). The molecule has 6 nitrogen and oxygen atoms in total. The highest BCUT2D eigenvalue weighted by atomic mass is 32.1. The predicted molar refractivity (Wildman–Crippen MR) is 97.0 cm³/mol. The maximum atomic E-state index is 11.1. The molecule has 0 aliphatic carbocycles. The number of amidine groups is 1. The van der Waals surface area contributed by atoms with Gasteiger partial charge in [-0.15, -0.1) is 11.3 Å². The van der Waals surface area contributed by atoms with Crippen LogP contribution in [0.2, 0.25) is 0 Å². The molecule has 124 valence electrons. The fourth-order valence-electron chi connectivity index (χ4n) is 2.53. The lowest BCUT2D eigenvalue weighted by molar-refractivity contribution is -0.114. The summed E-state index contributed by atoms with van der Waals surface area (Å²) in [7, 11) is 0. The lowest BCUT2D eigenvalue weighted by Crippen LogP contribution is -2.26. The molecule has 1 aromatic carbocycles. The van der Waals surface area contributed by atoms with Crippen molar-refractivity contribution in [1.82, 2.24) is 4.98 Å². The molecule has 0 saturated carbocycles. The van der Waals surface area contributed by atoms with Gasteiger partial charge in [-0.1, -0.05) is 0 Å². The first-order valence-electron chi connectivity index (χ1n) is 7.47. The number of carbonyl (C=O) groups is 1. The van der Waals surface area contributed by atoms with E-state index in [1.54, 1.807) is 17.0 Å². The lowest BCUT2D eigenvalue weighted by atomic mass is 10.2. The number of hydrogen-bond donors (Lipinski definition) is 3. The summed E-state index contributed by atoms with van der Waals surface area (Å²) in [5, 5.41) is 22.1. The Morgan fingerprint density at radius 1 is 1.33 bits per heavy atom. The van der Waals surface area contributed by atoms with Gasteiger partial charge in [0.2, 0.25) is 5.91 Å². The van der Waals surface area contributed by atoms with Crippen LogP contribution in [0.25, 0.3) is 5.57 Å². The van der Waals surface area contributed by atoms with Crippen molar-refractivity contribution in [2.45, 2.75) is 20.8 Å². The highest BCUT2D eigenvalue weighted by Crippen LogP contribution is 2.34. The van der Waals surface area contributed by atoms with Crippen molar-refractivity contribution in [3.63, 3.8) is 0 Å². The Kier molecular flexibility index (Phi) is 4.11. The number of nitrogens with one attached hydrogen (secondary N) is 2. The van der Waals surface area contributed by atoms with E-state index >= 15 is 0 Å². The fourth-order valence-corrected chi connectivity index (χ4v) is 3.51. The number of anilines is 2. The van der Waals surface area contributed by atoms with Crippen molar-refractivity contribution in [2.24, 2.45) is 0 Å². The first-order chi connectivity index (χ1) is 11.4. The van der Waals surface area contributed by atoms with Crippen molar-refractivity contribution in [2.75, 3.05) is 16.8 Å². The predicted octanol–water partition coefficient (Wildman–Crippen LogP) is 3.48. The molecule has 1 aliphatic heterocycles. The van der Waals surface area contributed by atoms with Gasteiger partial charge in [-0.05, 0) is 38.1 Å². The maximum absolute atomic E-state index is 11.1. The topological polar surface area (TPSA) is 89.3 Å². The van der Waals surface area contributed by atoms with E-state index in [0.717, 1.165) is 16.3 Å². The number of rotatable bonds is 3. The average Bonchev–Trinajstić information content (AvgIpc) is 2.99. The second-order valence-corrected chi connectivity index (χ2v) is 6.85. The van der Waals surface area contributed by atoms with Gasteiger partial charge in [0, 0.05) is 23.2 Å². The molecular formula is C17H18N4O2S. The number of aryl methyl sites for hydroxylation is 2. The monoisotopic (exact) mass is 342 g/mol. The van der Waals surface area contributed by atoms with Gasteiger partial charge in [-0.2, -0.15) is 0 Å². The Bertz CT molecular complexity index is 832. The van der Waals surface area contributed by atoms with Gasteiger partial charge in [-0.3, -0.25) is 10.2 Å². The molecule has 1 aliphatic rings. The third-order valence-electron chi connectivity index (χ3n) is 3.84. The van der Waals surface area contributed by atoms with Crippen molar-refractivity contribution in [3.8, 4) is 0 Å². The zero-order valence-electron chi connectivity index (χ0n) is 13.7. The normalized spacial score (nSPS) is 14.5. The highest BCUT2D eigenvalue weighted by molar-refractivity contribution is 7.13. The molecule has 3 N–H and O–H groups in total. The molecule has 2 aromatic rings. The molecule has 0 atom stereocenters. The zero-order valence-corrected chi connectivity index (χ0v) is 14.5. The van der Waals surface area contributed by atoms with Crippen molar-refractivity contribution < 1.29 is 9.90 Å². The van der Waals surface area contributed by atoms with Gasteiger partial charge in [-0.25, -0.2) is 4.98 Å². The number of hydrogen-bond acceptors (Lipinski definition) is 5. The fraction of sp³-hybridized carbons (Fsp3) is 0.235. The Labute approximate surface area is 144 Å². The van der Waals surface area contributed by atoms with E-state index in [-0.39, 0.29) is 24.0 Å². The number of nitrogens with zero attached hydrogens (tertiary/aromatic N) is 2. The van der Waals surface area contributed by atoms with E-state index in [1.165, 1.54) is 18.3 Å². The number of thiazole rings is 1. The summed E-state index contributed by atoms with van der Waals surface area (Å²) in [4.78, 5) is 18.3. The van der Waals surface area contributed by atoms with Gasteiger partial charge in [0.1, 0.15) is 16.6 Å². The van der Waals surface area contributed by atoms with E-state index in [4.69, 9.17) is 5.41 Å². The SMILES string of the molecule is CC(=O)Nc1ccc(N2CC(O)=C(c3nc(C)c(C)s3)C2=N)cc1. The molecule has 0 radical (unpaired) electrons. The first-order valence-corrected chi connectivity index (χ1v) is 8.29. The van der Waals surface area contributed by atoms with Gasteiger partial charge in [0.25, 0.3) is 0 Å². The Morgan fingerprint density at radius 2 is 2.00 bits per heavy atom. The number of aliphatic hydroxyl groups excluding tert-OH is 1. The van der Waals surface area contributed by atoms with Crippen molar-refractivity contribution in [1.29, 1.82) is 5.41 Å². The quantitative estimate of drug-likeness (QED) is 0.796. The molecule has 24 heavy (non-hydrogen) atoms. The molecule has 1 aromatic heterocycles. The number of aliphatic hydroxyl groups is 1. The standard InChI is InChI=1S/C17H18N4O2S/c1-9-10(2)24-17(19-9)15-14(23)8-21(16(15)18)13-6-4-12(5-7-13)20-11(3)22/h4-7,18,23H,8H2,1-3H3,(H,20,22). The van der Waals surface area contributed by atoms with Crippen LogP contribution in [0.15, 0.2) is 30.0 Å². The maximum Gasteiger partial charge on any atom is 0.221 e. The average molecular weight is 342 g/mol. The summed E-state index contributed by atoms with van der Waals surface area (Å²) in [5.74, 6) is 0.251. The second kappa shape index (κ2) is 6.09. The van der Waals surface area contributed by atoms with Crippen LogP contribution in [0.5, 0.6) is 0 Å². The largest absolute Gasteiger partial charge is 0.510 e. The van der Waals surface area contributed by atoms with E-state index in [9.17, 15) is 9.90 Å². The molecule has 0 spiro atoms. The summed E-state index contributed by atoms with van der Waals surface area (Å²) >= 11 is 1.48. The van der Waals surface area contributed by atoms with Crippen LogP contribution < -0.4 is 10.2 Å². The molecule has 0 fully saturated rings. The zero-order chi connectivity index (χ0) is 17.4. The minimum absolute atomic E-state index is 0.132. The van der Waals surface area contributed by atoms with Gasteiger partial charge < -0.3 is 15.3 Å². The Hall–Kier alpha value is -2.67. The summed E-state index contributed by atoms with van der Waals surface area (Å²) in [6, 6.07) is 7.18. The minimum Gasteiger partial charge on any atom is -0.510 e. The van der Waals surface area contributed by atoms with Crippen molar-refractivity contribution in [3.05, 3.63) is 45.6 Å². The Morgan fingerprint density at radius 3 is 2.54 bits per heavy atom. The molecule has 1 amide bonds. The summed E-state index contributed by atoms with van der Waals surface area (Å²) in [6.07, 6.45) is 0. The van der Waals surface area contributed by atoms with E-state index in [2.05, 4.69) is 10.3 Å². The van der Waals surface area contributed by atoms with Crippen LogP contribution in [-0.2, 0) is 4.79 Å². The number of aromatic nitrogens is 1. The van der Waals surface area contributed by atoms with Crippen LogP contribution in [0, 0.1) is 19.3 Å². The smallest absolute Gasteiger partial charge is 0.221 e. The van der Waals surface area contributed by atoms with Crippen LogP contribution >= 0.6 is 11.3 Å². The number of amides is 1. The summed E-state index contributed by atoms with van der Waals surface area (Å²) in [6.45, 7) is 5.59. The summed E-state index contributed by atoms with van der Waals surface area (Å²) in [5.41, 5.74) is 2.88. The highest BCUT2D eigenvalue weighted by Gasteiger charge is 2.31. The Balaban J connectivity index is 1.85. The first kappa shape index (κ1) is 16.2. The molecule has 2 heterocycles. The number of carbonyl (C=O) groups excluding carboxylic acids is 1. The molecule has 0 unspecified atom stereocenters.